The van der Waals surface area contributed by atoms with Gasteiger partial charge in [0, 0.05) is 0 Å². The predicted octanol–water partition coefficient (Wildman–Crippen LogP) is 4.42. The Morgan fingerprint density at radius 3 is 2.00 bits per heavy atom. The van der Waals surface area contributed by atoms with Gasteiger partial charge in [0.15, 0.2) is 0 Å². The minimum absolute atomic E-state index is 0.355. The number of hydrogen-bond acceptors (Lipinski definition) is 0. The Bertz CT molecular complexity index is 175. The Morgan fingerprint density at radius 1 is 0.929 bits per heavy atom. The summed E-state index contributed by atoms with van der Waals surface area (Å²) >= 11 is 0. The Balaban J connectivity index is 2.18. The van der Waals surface area contributed by atoms with E-state index >= 15 is 0 Å². The molecule has 0 aliphatic heterocycles. The second-order valence-electron chi connectivity index (χ2n) is 4.06. The van der Waals surface area contributed by atoms with E-state index in [4.69, 9.17) is 0 Å². The average Bonchev–Trinajstić information content (AvgIpc) is 2.67. The zero-order valence-corrected chi connectivity index (χ0v) is 10.5. The van der Waals surface area contributed by atoms with Crippen LogP contribution in [0.1, 0.15) is 33.1 Å². The molecule has 0 saturated carbocycles. The van der Waals surface area contributed by atoms with Crippen molar-refractivity contribution in [2.24, 2.45) is 5.92 Å². The van der Waals surface area contributed by atoms with E-state index in [0.29, 0.717) is 7.92 Å². The van der Waals surface area contributed by atoms with E-state index in [1.54, 1.807) is 0 Å². The molecule has 1 rings (SSSR count). The largest absolute Gasteiger partial charge is 0.107 e. The second kappa shape index (κ2) is 7.23. The summed E-state index contributed by atoms with van der Waals surface area (Å²) in [6.45, 7) is 4.64. The first kappa shape index (κ1) is 12.0. The third kappa shape index (κ3) is 4.42. The van der Waals surface area contributed by atoms with E-state index in [9.17, 15) is 0 Å². The van der Waals surface area contributed by atoms with Gasteiger partial charge in [-0.2, -0.15) is 0 Å². The van der Waals surface area contributed by atoms with Gasteiger partial charge in [-0.3, -0.25) is 0 Å². The summed E-state index contributed by atoms with van der Waals surface area (Å²) in [6, 6.07) is 0. The minimum atomic E-state index is 0.355. The summed E-state index contributed by atoms with van der Waals surface area (Å²) in [5, 5.41) is 0. The Kier molecular flexibility index (Phi) is 6.19. The van der Waals surface area contributed by atoms with Crippen LogP contribution < -0.4 is 0 Å². The molecule has 0 fully saturated rings. The van der Waals surface area contributed by atoms with Gasteiger partial charge in [0.2, 0.25) is 0 Å². The van der Waals surface area contributed by atoms with Gasteiger partial charge >= 0.3 is 0 Å². The van der Waals surface area contributed by atoms with Gasteiger partial charge < -0.3 is 0 Å². The van der Waals surface area contributed by atoms with Gasteiger partial charge in [-0.1, -0.05) is 51.0 Å². The van der Waals surface area contributed by atoms with Crippen LogP contribution in [0, 0.1) is 5.92 Å². The van der Waals surface area contributed by atoms with E-state index in [0.717, 1.165) is 5.92 Å². The lowest BCUT2D eigenvalue weighted by Crippen LogP contribution is -1.98. The smallest absolute Gasteiger partial charge is 0.00439 e. The van der Waals surface area contributed by atoms with E-state index in [2.05, 4.69) is 38.2 Å². The first-order valence-corrected chi connectivity index (χ1v) is 7.84. The SMILES string of the molecule is CCCP(CCC)CCC1C=CC=C1. The highest BCUT2D eigenvalue weighted by Crippen LogP contribution is 2.38. The van der Waals surface area contributed by atoms with Crippen molar-refractivity contribution in [3.05, 3.63) is 24.3 Å². The van der Waals surface area contributed by atoms with Crippen LogP contribution in [0.25, 0.3) is 0 Å². The van der Waals surface area contributed by atoms with Crippen molar-refractivity contribution in [1.29, 1.82) is 0 Å². The van der Waals surface area contributed by atoms with Crippen molar-refractivity contribution in [3.63, 3.8) is 0 Å². The number of rotatable bonds is 7. The molecule has 1 aliphatic rings. The Labute approximate surface area is 90.2 Å². The first-order chi connectivity index (χ1) is 6.86. The van der Waals surface area contributed by atoms with Gasteiger partial charge in [-0.05, 0) is 30.8 Å². The predicted molar refractivity (Wildman–Crippen MR) is 68.5 cm³/mol. The monoisotopic (exact) mass is 210 g/mol. The van der Waals surface area contributed by atoms with Gasteiger partial charge in [-0.25, -0.2) is 0 Å². The number of hydrogen-bond donors (Lipinski definition) is 0. The molecular formula is C13H23P. The highest BCUT2D eigenvalue weighted by Gasteiger charge is 2.09. The molecule has 0 spiro atoms. The van der Waals surface area contributed by atoms with Crippen LogP contribution in [0.15, 0.2) is 24.3 Å². The van der Waals surface area contributed by atoms with E-state index in [1.807, 2.05) is 0 Å². The normalized spacial score (nSPS) is 15.9. The molecule has 0 N–H and O–H groups in total. The van der Waals surface area contributed by atoms with E-state index in [-0.39, 0.29) is 0 Å². The molecule has 0 saturated heterocycles. The summed E-state index contributed by atoms with van der Waals surface area (Å²) < 4.78 is 0. The molecule has 0 aromatic rings. The second-order valence-corrected chi connectivity index (χ2v) is 6.75. The van der Waals surface area contributed by atoms with Crippen LogP contribution in [0.5, 0.6) is 0 Å². The summed E-state index contributed by atoms with van der Waals surface area (Å²) in [4.78, 5) is 0. The van der Waals surface area contributed by atoms with Crippen molar-refractivity contribution in [2.75, 3.05) is 18.5 Å². The lowest BCUT2D eigenvalue weighted by molar-refractivity contribution is 0.786. The van der Waals surface area contributed by atoms with Crippen molar-refractivity contribution < 1.29 is 0 Å². The van der Waals surface area contributed by atoms with Gasteiger partial charge in [0.25, 0.3) is 0 Å². The Hall–Kier alpha value is -0.0900. The average molecular weight is 210 g/mol. The van der Waals surface area contributed by atoms with Crippen molar-refractivity contribution in [1.82, 2.24) is 0 Å². The van der Waals surface area contributed by atoms with Gasteiger partial charge in [0.1, 0.15) is 0 Å². The molecule has 0 heterocycles. The summed E-state index contributed by atoms with van der Waals surface area (Å²) in [7, 11) is 0.355. The highest BCUT2D eigenvalue weighted by molar-refractivity contribution is 7.57. The van der Waals surface area contributed by atoms with Crippen LogP contribution in [-0.2, 0) is 0 Å². The van der Waals surface area contributed by atoms with Crippen LogP contribution in [0.4, 0.5) is 0 Å². The molecular weight excluding hydrogens is 187 g/mol. The van der Waals surface area contributed by atoms with Crippen LogP contribution in [0.3, 0.4) is 0 Å². The summed E-state index contributed by atoms with van der Waals surface area (Å²) in [5.41, 5.74) is 0. The van der Waals surface area contributed by atoms with Crippen molar-refractivity contribution in [3.8, 4) is 0 Å². The van der Waals surface area contributed by atoms with Crippen molar-refractivity contribution >= 4 is 7.92 Å². The van der Waals surface area contributed by atoms with Crippen LogP contribution in [0.2, 0.25) is 0 Å². The maximum atomic E-state index is 2.34. The molecule has 1 aliphatic carbocycles. The van der Waals surface area contributed by atoms with Crippen molar-refractivity contribution in [2.45, 2.75) is 33.1 Å². The maximum absolute atomic E-state index is 2.34. The molecule has 0 aromatic carbocycles. The standard InChI is InChI=1S/C13H23P/c1-3-10-14(11-4-2)12-9-13-7-5-6-8-13/h5-8,13H,3-4,9-12H2,1-2H3. The molecule has 0 aromatic heterocycles. The van der Waals surface area contributed by atoms with Gasteiger partial charge in [-0.15, -0.1) is 7.92 Å². The quantitative estimate of drug-likeness (QED) is 0.546. The summed E-state index contributed by atoms with van der Waals surface area (Å²) in [5.74, 6) is 0.758. The molecule has 0 amide bonds. The first-order valence-electron chi connectivity index (χ1n) is 5.94. The lowest BCUT2D eigenvalue weighted by atomic mass is 10.1. The third-order valence-electron chi connectivity index (χ3n) is 2.69. The topological polar surface area (TPSA) is 0 Å². The number of allylic oxidation sites excluding steroid dienone is 4. The van der Waals surface area contributed by atoms with Gasteiger partial charge in [0.05, 0.1) is 0 Å². The van der Waals surface area contributed by atoms with Crippen LogP contribution >= 0.6 is 7.92 Å². The molecule has 0 bridgehead atoms. The fourth-order valence-corrected chi connectivity index (χ4v) is 4.57. The summed E-state index contributed by atoms with van der Waals surface area (Å²) in [6.07, 6.45) is 17.7. The van der Waals surface area contributed by atoms with E-state index < -0.39 is 0 Å². The molecule has 1 heteroatoms. The molecule has 0 radical (unpaired) electrons. The van der Waals surface area contributed by atoms with Crippen LogP contribution in [-0.4, -0.2) is 18.5 Å². The van der Waals surface area contributed by atoms with E-state index in [1.165, 1.54) is 37.7 Å². The zero-order valence-electron chi connectivity index (χ0n) is 9.58. The minimum Gasteiger partial charge on any atom is -0.107 e. The zero-order chi connectivity index (χ0) is 10.2. The fraction of sp³-hybridized carbons (Fsp3) is 0.692. The molecule has 0 unspecified atom stereocenters. The molecule has 0 nitrogen and oxygen atoms in total. The third-order valence-corrected chi connectivity index (χ3v) is 5.74. The molecule has 80 valence electrons. The lowest BCUT2D eigenvalue weighted by Gasteiger charge is -2.17. The highest BCUT2D eigenvalue weighted by atomic mass is 31.1. The molecule has 0 atom stereocenters. The fourth-order valence-electron chi connectivity index (χ4n) is 1.97. The molecule has 14 heavy (non-hydrogen) atoms. The maximum Gasteiger partial charge on any atom is -0.00439 e. The Morgan fingerprint density at radius 2 is 1.50 bits per heavy atom.